The summed E-state index contributed by atoms with van der Waals surface area (Å²) in [5.74, 6) is -10.3. The van der Waals surface area contributed by atoms with E-state index in [0.29, 0.717) is 23.1 Å². The van der Waals surface area contributed by atoms with Crippen molar-refractivity contribution >= 4 is 47.0 Å². The lowest BCUT2D eigenvalue weighted by Gasteiger charge is -2.27. The third-order valence-corrected chi connectivity index (χ3v) is 7.92. The van der Waals surface area contributed by atoms with Gasteiger partial charge >= 0.3 is 18.3 Å². The van der Waals surface area contributed by atoms with Gasteiger partial charge < -0.3 is 21.5 Å². The zero-order valence-electron chi connectivity index (χ0n) is 24.5. The number of rotatable bonds is 13. The molecule has 3 rings (SSSR count). The number of amides is 3. The van der Waals surface area contributed by atoms with Gasteiger partial charge in [-0.25, -0.2) is 9.38 Å². The highest BCUT2D eigenvalue weighted by Gasteiger charge is 2.41. The first-order chi connectivity index (χ1) is 21.9. The van der Waals surface area contributed by atoms with E-state index in [1.54, 1.807) is 25.1 Å². The molecule has 0 aromatic heterocycles. The lowest BCUT2D eigenvalue weighted by molar-refractivity contribution is -0.152. The fraction of sp³-hybridized carbons (Fsp3) is 0.414. The van der Waals surface area contributed by atoms with Gasteiger partial charge in [0.15, 0.2) is 0 Å². The quantitative estimate of drug-likeness (QED) is 0.153. The number of carboxylic acids is 1. The molecule has 10 nitrogen and oxygen atoms in total. The van der Waals surface area contributed by atoms with Gasteiger partial charge in [0.1, 0.15) is 11.9 Å². The van der Waals surface area contributed by atoms with E-state index in [-0.39, 0.29) is 17.0 Å². The van der Waals surface area contributed by atoms with Crippen molar-refractivity contribution in [1.29, 1.82) is 0 Å². The summed E-state index contributed by atoms with van der Waals surface area (Å²) in [5, 5.41) is 13.7. The van der Waals surface area contributed by atoms with Gasteiger partial charge in [-0.2, -0.15) is 26.3 Å². The molecule has 0 saturated carbocycles. The number of carbonyl (C=O) groups is 4. The fourth-order valence-electron chi connectivity index (χ4n) is 4.70. The molecule has 0 aliphatic carbocycles. The zero-order valence-corrected chi connectivity index (χ0v) is 25.4. The van der Waals surface area contributed by atoms with E-state index in [1.165, 1.54) is 12.1 Å². The van der Waals surface area contributed by atoms with Crippen molar-refractivity contribution in [2.45, 2.75) is 57.2 Å². The van der Waals surface area contributed by atoms with E-state index >= 15 is 0 Å². The van der Waals surface area contributed by atoms with E-state index in [0.717, 1.165) is 12.1 Å². The Morgan fingerprint density at radius 3 is 2.17 bits per heavy atom. The number of hydrogen-bond donors (Lipinski definition) is 5. The van der Waals surface area contributed by atoms with Gasteiger partial charge in [0.05, 0.1) is 17.3 Å². The molecule has 3 amide bonds. The zero-order chi connectivity index (χ0) is 35.1. The lowest BCUT2D eigenvalue weighted by atomic mass is 9.83. The number of carbonyl (C=O) groups excluding carboxylic acids is 3. The number of anilines is 1. The van der Waals surface area contributed by atoms with Crippen LogP contribution in [0.2, 0.25) is 0 Å². The molecule has 47 heavy (non-hydrogen) atoms. The van der Waals surface area contributed by atoms with Crippen LogP contribution in [-0.2, 0) is 19.2 Å². The largest absolute Gasteiger partial charge is 0.480 e. The van der Waals surface area contributed by atoms with E-state index in [1.807, 2.05) is 0 Å². The maximum Gasteiger partial charge on any atom is 0.389 e. The van der Waals surface area contributed by atoms with Gasteiger partial charge in [0, 0.05) is 35.6 Å². The topological polar surface area (TPSA) is 163 Å². The maximum absolute atomic E-state index is 14.2. The first kappa shape index (κ1) is 37.3. The lowest BCUT2D eigenvalue weighted by Crippen LogP contribution is -2.48. The number of nitrogens with one attached hydrogen (secondary N) is 3. The molecule has 1 aliphatic rings. The van der Waals surface area contributed by atoms with Gasteiger partial charge in [0.2, 0.25) is 18.0 Å². The van der Waals surface area contributed by atoms with Crippen molar-refractivity contribution in [2.75, 3.05) is 11.1 Å². The summed E-state index contributed by atoms with van der Waals surface area (Å²) >= 11 is 0.387. The van der Waals surface area contributed by atoms with Crippen LogP contribution in [0.15, 0.2) is 47.5 Å². The summed E-state index contributed by atoms with van der Waals surface area (Å²) in [4.78, 5) is 55.2. The van der Waals surface area contributed by atoms with Crippen LogP contribution < -0.4 is 21.1 Å². The van der Waals surface area contributed by atoms with Gasteiger partial charge in [-0.15, -0.1) is 0 Å². The molecule has 0 spiro atoms. The number of aryl methyl sites for hydroxylation is 1. The second kappa shape index (κ2) is 15.6. The number of carboxylic acid groups (broad SMARTS) is 1. The monoisotopic (exact) mass is 693 g/mol. The number of para-hydroxylation sites is 1. The number of aliphatic imine (C=N–C) groups is 1. The van der Waals surface area contributed by atoms with Gasteiger partial charge in [0.25, 0.3) is 5.91 Å². The highest BCUT2D eigenvalue weighted by molar-refractivity contribution is 7.98. The molecular formula is C29H30F7N5O5S. The molecule has 4 atom stereocenters. The first-order valence-corrected chi connectivity index (χ1v) is 14.9. The number of hydrogen-bond acceptors (Lipinski definition) is 7. The number of halogens is 7. The standard InChI is InChI=1S/C29H30F7N5O5S/c1-14-4-2-7-19-21(14)39-26(44)23(38-22(19)15-5-3-6-16(30)12-15)40-24(42)17(8-10-28(31,32)33)18(9-11-29(34,35)36)25(43)41-47-13-20(37)27(45)46/h2-7,12,17-18,20,23H,8-11,13,37H2,1H3,(H,39,44)(H,40,42)(H,41,43)(H,45,46)/t17-,18+,20+,23-/m1/s1. The van der Waals surface area contributed by atoms with Crippen LogP contribution in [0, 0.1) is 24.6 Å². The van der Waals surface area contributed by atoms with E-state index in [4.69, 9.17) is 10.8 Å². The predicted molar refractivity (Wildman–Crippen MR) is 158 cm³/mol. The number of nitrogens with two attached hydrogens (primary N) is 1. The minimum atomic E-state index is -4.88. The summed E-state index contributed by atoms with van der Waals surface area (Å²) < 4.78 is 95.9. The van der Waals surface area contributed by atoms with Gasteiger partial charge in [-0.05, 0) is 49.4 Å². The minimum Gasteiger partial charge on any atom is -0.480 e. The Balaban J connectivity index is 2.01. The highest BCUT2D eigenvalue weighted by Crippen LogP contribution is 2.34. The average Bonchev–Trinajstić information content (AvgIpc) is 3.10. The van der Waals surface area contributed by atoms with Crippen LogP contribution in [0.25, 0.3) is 0 Å². The minimum absolute atomic E-state index is 0.0104. The Labute approximate surface area is 267 Å². The molecule has 0 unspecified atom stereocenters. The maximum atomic E-state index is 14.2. The van der Waals surface area contributed by atoms with Crippen LogP contribution in [0.5, 0.6) is 0 Å². The Morgan fingerprint density at radius 1 is 1.00 bits per heavy atom. The van der Waals surface area contributed by atoms with Crippen molar-refractivity contribution in [2.24, 2.45) is 22.6 Å². The molecule has 2 aromatic rings. The SMILES string of the molecule is Cc1cccc2c1NC(=O)[C@@H](NC(=O)[C@H](CCC(F)(F)F)[C@H](CCC(F)(F)F)C(=O)NSC[C@H](N)C(=O)O)N=C2c1cccc(F)c1. The van der Waals surface area contributed by atoms with Gasteiger partial charge in [-0.1, -0.05) is 30.3 Å². The molecule has 0 saturated heterocycles. The van der Waals surface area contributed by atoms with Crippen molar-refractivity contribution in [3.8, 4) is 0 Å². The molecule has 0 bridgehead atoms. The molecular weight excluding hydrogens is 663 g/mol. The first-order valence-electron chi connectivity index (χ1n) is 13.9. The molecule has 1 aliphatic heterocycles. The molecule has 1 heterocycles. The van der Waals surface area contributed by atoms with Gasteiger partial charge in [-0.3, -0.25) is 23.9 Å². The summed E-state index contributed by atoms with van der Waals surface area (Å²) in [6.07, 6.45) is -17.2. The Morgan fingerprint density at radius 2 is 1.60 bits per heavy atom. The summed E-state index contributed by atoms with van der Waals surface area (Å²) in [6.45, 7) is 1.64. The summed E-state index contributed by atoms with van der Waals surface area (Å²) in [6, 6.07) is 8.36. The van der Waals surface area contributed by atoms with Crippen LogP contribution in [0.3, 0.4) is 0 Å². The molecule has 18 heteroatoms. The Hall–Kier alpha value is -4.19. The second-order valence-electron chi connectivity index (χ2n) is 10.6. The van der Waals surface area contributed by atoms with Crippen molar-refractivity contribution < 1.29 is 55.0 Å². The number of fused-ring (bicyclic) bond motifs is 1. The number of alkyl halides is 6. The second-order valence-corrected chi connectivity index (χ2v) is 11.5. The van der Waals surface area contributed by atoms with Crippen LogP contribution in [0.1, 0.15) is 42.4 Å². The highest BCUT2D eigenvalue weighted by atomic mass is 32.2. The number of benzodiazepines with no additional fused rings is 1. The predicted octanol–water partition coefficient (Wildman–Crippen LogP) is 4.46. The average molecular weight is 694 g/mol. The van der Waals surface area contributed by atoms with Crippen molar-refractivity contribution in [3.05, 3.63) is 65.0 Å². The smallest absolute Gasteiger partial charge is 0.389 e. The Bertz CT molecular complexity index is 1520. The van der Waals surface area contributed by atoms with E-state index in [2.05, 4.69) is 20.3 Å². The van der Waals surface area contributed by atoms with E-state index in [9.17, 15) is 49.9 Å². The summed E-state index contributed by atoms with van der Waals surface area (Å²) in [7, 11) is 0. The fourth-order valence-corrected chi connectivity index (χ4v) is 5.40. The normalized spacial score (nSPS) is 16.9. The molecule has 2 aromatic carbocycles. The van der Waals surface area contributed by atoms with E-state index < -0.39 is 97.3 Å². The Kier molecular flexibility index (Phi) is 12.4. The molecule has 0 radical (unpaired) electrons. The summed E-state index contributed by atoms with van der Waals surface area (Å²) in [5.41, 5.74) is 6.62. The van der Waals surface area contributed by atoms with Crippen LogP contribution >= 0.6 is 11.9 Å². The molecule has 6 N–H and O–H groups in total. The van der Waals surface area contributed by atoms with Crippen molar-refractivity contribution in [3.63, 3.8) is 0 Å². The third kappa shape index (κ3) is 10.9. The number of aliphatic carboxylic acids is 1. The number of nitrogens with zero attached hydrogens (tertiary/aromatic N) is 1. The number of benzene rings is 2. The molecule has 0 fully saturated rings. The third-order valence-electron chi connectivity index (χ3n) is 7.05. The van der Waals surface area contributed by atoms with Crippen LogP contribution in [-0.4, -0.2) is 64.8 Å². The van der Waals surface area contributed by atoms with Crippen molar-refractivity contribution in [1.82, 2.24) is 10.0 Å². The molecule has 256 valence electrons. The van der Waals surface area contributed by atoms with Crippen LogP contribution in [0.4, 0.5) is 36.4 Å².